The lowest BCUT2D eigenvalue weighted by atomic mass is 10.1. The summed E-state index contributed by atoms with van der Waals surface area (Å²) in [5.74, 6) is -0.989. The van der Waals surface area contributed by atoms with Gasteiger partial charge in [-0.1, -0.05) is 6.07 Å². The Bertz CT molecular complexity index is 450. The lowest BCUT2D eigenvalue weighted by Gasteiger charge is -2.22. The number of hydrogen-bond donors (Lipinski definition) is 2. The third-order valence-electron chi connectivity index (χ3n) is 2.50. The van der Waals surface area contributed by atoms with Crippen LogP contribution in [-0.2, 0) is 20.8 Å². The normalized spacial score (nSPS) is 11.4. The summed E-state index contributed by atoms with van der Waals surface area (Å²) < 4.78 is 0. The van der Waals surface area contributed by atoms with E-state index in [4.69, 9.17) is 5.73 Å². The number of amides is 3. The third kappa shape index (κ3) is 4.74. The molecular formula is C12H16N4O3. The Labute approximate surface area is 110 Å². The molecular weight excluding hydrogens is 248 g/mol. The zero-order chi connectivity index (χ0) is 14.3. The predicted octanol–water partition coefficient (Wildman–Crippen LogP) is -1.32. The first-order chi connectivity index (χ1) is 9.04. The number of carbonyl (C=O) groups is 3. The smallest absolute Gasteiger partial charge is 0.245 e. The van der Waals surface area contributed by atoms with E-state index < -0.39 is 11.9 Å². The fourth-order valence-electron chi connectivity index (χ4n) is 1.63. The molecule has 0 saturated heterocycles. The van der Waals surface area contributed by atoms with Crippen molar-refractivity contribution in [3.05, 3.63) is 30.1 Å². The van der Waals surface area contributed by atoms with Crippen molar-refractivity contribution in [1.29, 1.82) is 0 Å². The van der Waals surface area contributed by atoms with E-state index in [-0.39, 0.29) is 12.5 Å². The molecule has 3 amide bonds. The average molecular weight is 264 g/mol. The summed E-state index contributed by atoms with van der Waals surface area (Å²) >= 11 is 0. The average Bonchev–Trinajstić information content (AvgIpc) is 2.38. The van der Waals surface area contributed by atoms with Crippen molar-refractivity contribution in [1.82, 2.24) is 15.2 Å². The van der Waals surface area contributed by atoms with Gasteiger partial charge in [-0.15, -0.1) is 0 Å². The first kappa shape index (κ1) is 14.6. The van der Waals surface area contributed by atoms with E-state index in [0.29, 0.717) is 12.8 Å². The summed E-state index contributed by atoms with van der Waals surface area (Å²) in [6.07, 6.45) is 3.99. The highest BCUT2D eigenvalue weighted by atomic mass is 16.2. The highest BCUT2D eigenvalue weighted by molar-refractivity contribution is 5.87. The minimum Gasteiger partial charge on any atom is -0.368 e. The number of carbonyl (C=O) groups excluding carboxylic acids is 3. The zero-order valence-electron chi connectivity index (χ0n) is 10.6. The SMILES string of the molecule is CN(CC(N)=O)C(=O)[C@H](Cc1cccnc1)NC=O. The third-order valence-corrected chi connectivity index (χ3v) is 2.50. The van der Waals surface area contributed by atoms with Crippen LogP contribution in [0, 0.1) is 0 Å². The molecule has 0 aliphatic carbocycles. The molecule has 1 aromatic heterocycles. The van der Waals surface area contributed by atoms with Crippen molar-refractivity contribution in [2.75, 3.05) is 13.6 Å². The molecule has 19 heavy (non-hydrogen) atoms. The summed E-state index contributed by atoms with van der Waals surface area (Å²) in [4.78, 5) is 38.5. The Kier molecular flexibility index (Phi) is 5.46. The molecule has 0 unspecified atom stereocenters. The number of nitrogens with zero attached hydrogens (tertiary/aromatic N) is 2. The van der Waals surface area contributed by atoms with E-state index in [1.54, 1.807) is 24.5 Å². The second-order valence-corrected chi connectivity index (χ2v) is 4.06. The number of likely N-dealkylation sites (N-methyl/N-ethyl adjacent to an activating group) is 1. The molecule has 0 bridgehead atoms. The van der Waals surface area contributed by atoms with Gasteiger partial charge in [0.05, 0.1) is 6.54 Å². The quantitative estimate of drug-likeness (QED) is 0.596. The molecule has 1 aromatic rings. The van der Waals surface area contributed by atoms with E-state index in [1.807, 2.05) is 0 Å². The van der Waals surface area contributed by atoms with Gasteiger partial charge in [-0.3, -0.25) is 19.4 Å². The summed E-state index contributed by atoms with van der Waals surface area (Å²) in [6.45, 7) is -0.192. The van der Waals surface area contributed by atoms with Crippen molar-refractivity contribution in [3.8, 4) is 0 Å². The zero-order valence-corrected chi connectivity index (χ0v) is 10.6. The second-order valence-electron chi connectivity index (χ2n) is 4.06. The number of nitrogens with one attached hydrogen (secondary N) is 1. The van der Waals surface area contributed by atoms with Gasteiger partial charge in [-0.05, 0) is 11.6 Å². The van der Waals surface area contributed by atoms with Crippen molar-refractivity contribution < 1.29 is 14.4 Å². The minimum absolute atomic E-state index is 0.192. The van der Waals surface area contributed by atoms with Crippen LogP contribution in [0.3, 0.4) is 0 Å². The Hall–Kier alpha value is -2.44. The fraction of sp³-hybridized carbons (Fsp3) is 0.333. The molecule has 1 atom stereocenters. The van der Waals surface area contributed by atoms with Gasteiger partial charge in [-0.2, -0.15) is 0 Å². The monoisotopic (exact) mass is 264 g/mol. The van der Waals surface area contributed by atoms with Crippen LogP contribution in [-0.4, -0.2) is 47.7 Å². The molecule has 0 aliphatic rings. The molecule has 0 fully saturated rings. The maximum Gasteiger partial charge on any atom is 0.245 e. The molecule has 7 heteroatoms. The van der Waals surface area contributed by atoms with Crippen LogP contribution < -0.4 is 11.1 Å². The molecule has 1 rings (SSSR count). The van der Waals surface area contributed by atoms with Crippen molar-refractivity contribution >= 4 is 18.2 Å². The van der Waals surface area contributed by atoms with Crippen LogP contribution in [0.4, 0.5) is 0 Å². The molecule has 3 N–H and O–H groups in total. The van der Waals surface area contributed by atoms with Crippen LogP contribution in [0.5, 0.6) is 0 Å². The van der Waals surface area contributed by atoms with Crippen molar-refractivity contribution in [2.45, 2.75) is 12.5 Å². The Balaban J connectivity index is 2.73. The van der Waals surface area contributed by atoms with E-state index >= 15 is 0 Å². The molecule has 0 aliphatic heterocycles. The Morgan fingerprint density at radius 2 is 2.32 bits per heavy atom. The number of primary amides is 1. The van der Waals surface area contributed by atoms with E-state index in [2.05, 4.69) is 10.3 Å². The molecule has 7 nitrogen and oxygen atoms in total. The number of aromatic nitrogens is 1. The minimum atomic E-state index is -0.744. The number of nitrogens with two attached hydrogens (primary N) is 1. The standard InChI is InChI=1S/C12H16N4O3/c1-16(7-11(13)18)12(19)10(15-8-17)5-9-3-2-4-14-6-9/h2-4,6,8,10H,5,7H2,1H3,(H2,13,18)(H,15,17)/t10-/m0/s1. The molecule has 1 heterocycles. The topological polar surface area (TPSA) is 105 Å². The van der Waals surface area contributed by atoms with Crippen LogP contribution in [0.15, 0.2) is 24.5 Å². The lowest BCUT2D eigenvalue weighted by molar-refractivity contribution is -0.136. The number of hydrogen-bond acceptors (Lipinski definition) is 4. The number of rotatable bonds is 7. The van der Waals surface area contributed by atoms with Crippen LogP contribution in [0.2, 0.25) is 0 Å². The van der Waals surface area contributed by atoms with Crippen LogP contribution >= 0.6 is 0 Å². The van der Waals surface area contributed by atoms with Gasteiger partial charge in [0, 0.05) is 25.9 Å². The van der Waals surface area contributed by atoms with E-state index in [9.17, 15) is 14.4 Å². The molecule has 0 aromatic carbocycles. The first-order valence-electron chi connectivity index (χ1n) is 5.66. The van der Waals surface area contributed by atoms with Crippen LogP contribution in [0.1, 0.15) is 5.56 Å². The maximum absolute atomic E-state index is 12.0. The van der Waals surface area contributed by atoms with Gasteiger partial charge in [-0.25, -0.2) is 0 Å². The van der Waals surface area contributed by atoms with E-state index in [0.717, 1.165) is 5.56 Å². The van der Waals surface area contributed by atoms with Crippen molar-refractivity contribution in [2.24, 2.45) is 5.73 Å². The Morgan fingerprint density at radius 1 is 1.58 bits per heavy atom. The summed E-state index contributed by atoms with van der Waals surface area (Å²) in [7, 11) is 1.45. The Morgan fingerprint density at radius 3 is 2.84 bits per heavy atom. The van der Waals surface area contributed by atoms with Crippen LogP contribution in [0.25, 0.3) is 0 Å². The predicted molar refractivity (Wildman–Crippen MR) is 67.8 cm³/mol. The molecule has 0 saturated carbocycles. The van der Waals surface area contributed by atoms with Gasteiger partial charge in [0.25, 0.3) is 0 Å². The first-order valence-corrected chi connectivity index (χ1v) is 5.66. The fourth-order valence-corrected chi connectivity index (χ4v) is 1.63. The van der Waals surface area contributed by atoms with Gasteiger partial charge in [0.15, 0.2) is 0 Å². The molecule has 102 valence electrons. The highest BCUT2D eigenvalue weighted by Gasteiger charge is 2.22. The molecule has 0 radical (unpaired) electrons. The lowest BCUT2D eigenvalue weighted by Crippen LogP contribution is -2.48. The summed E-state index contributed by atoms with van der Waals surface area (Å²) in [5, 5.41) is 2.43. The van der Waals surface area contributed by atoms with E-state index in [1.165, 1.54) is 11.9 Å². The maximum atomic E-state index is 12.0. The van der Waals surface area contributed by atoms with Crippen molar-refractivity contribution in [3.63, 3.8) is 0 Å². The highest BCUT2D eigenvalue weighted by Crippen LogP contribution is 2.03. The number of pyridine rings is 1. The van der Waals surface area contributed by atoms with Gasteiger partial charge in [0.1, 0.15) is 6.04 Å². The van der Waals surface area contributed by atoms with Gasteiger partial charge >= 0.3 is 0 Å². The largest absolute Gasteiger partial charge is 0.368 e. The summed E-state index contributed by atoms with van der Waals surface area (Å²) in [6, 6.07) is 2.80. The van der Waals surface area contributed by atoms with Gasteiger partial charge in [0.2, 0.25) is 18.2 Å². The molecule has 0 spiro atoms. The summed E-state index contributed by atoms with van der Waals surface area (Å²) in [5.41, 5.74) is 5.83. The van der Waals surface area contributed by atoms with Gasteiger partial charge < -0.3 is 16.0 Å². The second kappa shape index (κ2) is 7.10.